The molecule has 0 spiro atoms. The number of rotatable bonds is 6. The molecule has 2 atom stereocenters. The summed E-state index contributed by atoms with van der Waals surface area (Å²) in [6, 6.07) is 14.6. The Kier molecular flexibility index (Phi) is 5.04. The fourth-order valence-corrected chi connectivity index (χ4v) is 2.72. The Hall–Kier alpha value is -2.08. The lowest BCUT2D eigenvalue weighted by Crippen LogP contribution is -2.25. The summed E-state index contributed by atoms with van der Waals surface area (Å²) in [5, 5.41) is 20.9. The van der Waals surface area contributed by atoms with Crippen LogP contribution in [0.4, 0.5) is 0 Å². The van der Waals surface area contributed by atoms with E-state index in [9.17, 15) is 10.2 Å². The fraction of sp³-hybridized carbons (Fsp3) is 0.278. The van der Waals surface area contributed by atoms with Gasteiger partial charge in [-0.05, 0) is 43.3 Å². The van der Waals surface area contributed by atoms with Crippen LogP contribution in [-0.2, 0) is 6.54 Å². The lowest BCUT2D eigenvalue weighted by atomic mass is 10.3. The van der Waals surface area contributed by atoms with Crippen molar-refractivity contribution in [3.63, 3.8) is 0 Å². The number of aliphatic hydroxyl groups excluding tert-OH is 2. The molecule has 0 bridgehead atoms. The highest BCUT2D eigenvalue weighted by atomic mass is 35.5. The summed E-state index contributed by atoms with van der Waals surface area (Å²) in [7, 11) is 0. The molecule has 1 aromatic heterocycles. The van der Waals surface area contributed by atoms with E-state index in [-0.39, 0.29) is 13.2 Å². The number of fused-ring (bicyclic) bond motifs is 1. The van der Waals surface area contributed by atoms with E-state index in [1.165, 1.54) is 0 Å². The van der Waals surface area contributed by atoms with E-state index in [0.717, 1.165) is 11.0 Å². The number of halogens is 1. The maximum Gasteiger partial charge on any atom is 0.138 e. The molecule has 3 aromatic rings. The molecule has 24 heavy (non-hydrogen) atoms. The predicted octanol–water partition coefficient (Wildman–Crippen LogP) is 3.18. The first-order chi connectivity index (χ1) is 11.5. The van der Waals surface area contributed by atoms with Crippen molar-refractivity contribution in [1.29, 1.82) is 0 Å². The van der Waals surface area contributed by atoms with Crippen LogP contribution in [0.3, 0.4) is 0 Å². The van der Waals surface area contributed by atoms with Crippen molar-refractivity contribution >= 4 is 22.6 Å². The summed E-state index contributed by atoms with van der Waals surface area (Å²) in [5.74, 6) is 1.17. The highest BCUT2D eigenvalue weighted by Gasteiger charge is 2.17. The molecule has 3 rings (SSSR count). The molecule has 126 valence electrons. The van der Waals surface area contributed by atoms with Gasteiger partial charge in [-0.3, -0.25) is 0 Å². The Labute approximate surface area is 145 Å². The lowest BCUT2D eigenvalue weighted by Gasteiger charge is -2.16. The summed E-state index contributed by atoms with van der Waals surface area (Å²) in [4.78, 5) is 4.44. The SMILES string of the molecule is C[C@@H](O)c1nc2ccccc2n1C[C@H](O)COc1ccc(Cl)cc1. The Morgan fingerprint density at radius 2 is 1.83 bits per heavy atom. The monoisotopic (exact) mass is 346 g/mol. The molecular formula is C18H19ClN2O3. The number of benzene rings is 2. The normalized spacial score (nSPS) is 13.8. The van der Waals surface area contributed by atoms with Crippen LogP contribution in [0.25, 0.3) is 11.0 Å². The molecule has 2 aromatic carbocycles. The molecule has 0 aliphatic carbocycles. The molecule has 0 saturated carbocycles. The minimum absolute atomic E-state index is 0.132. The first-order valence-electron chi connectivity index (χ1n) is 7.74. The summed E-state index contributed by atoms with van der Waals surface area (Å²) < 4.78 is 7.41. The molecule has 0 unspecified atom stereocenters. The van der Waals surface area contributed by atoms with Crippen molar-refractivity contribution in [2.75, 3.05) is 6.61 Å². The Morgan fingerprint density at radius 1 is 1.12 bits per heavy atom. The largest absolute Gasteiger partial charge is 0.491 e. The van der Waals surface area contributed by atoms with Gasteiger partial charge in [-0.25, -0.2) is 4.98 Å². The first kappa shape index (κ1) is 16.8. The average Bonchev–Trinajstić information content (AvgIpc) is 2.93. The molecule has 1 heterocycles. The molecule has 2 N–H and O–H groups in total. The number of hydrogen-bond acceptors (Lipinski definition) is 4. The van der Waals surface area contributed by atoms with Gasteiger partial charge in [0.15, 0.2) is 0 Å². The zero-order valence-corrected chi connectivity index (χ0v) is 14.0. The van der Waals surface area contributed by atoms with E-state index in [1.54, 1.807) is 31.2 Å². The van der Waals surface area contributed by atoms with Gasteiger partial charge in [0, 0.05) is 5.02 Å². The van der Waals surface area contributed by atoms with Crippen molar-refractivity contribution in [2.24, 2.45) is 0 Å². The minimum atomic E-state index is -0.740. The van der Waals surface area contributed by atoms with Crippen molar-refractivity contribution in [3.8, 4) is 5.75 Å². The van der Waals surface area contributed by atoms with Gasteiger partial charge in [0.05, 0.1) is 17.6 Å². The third kappa shape index (κ3) is 3.70. The van der Waals surface area contributed by atoms with Gasteiger partial charge in [0.2, 0.25) is 0 Å². The molecule has 0 saturated heterocycles. The number of hydrogen-bond donors (Lipinski definition) is 2. The second kappa shape index (κ2) is 7.21. The molecule has 5 nitrogen and oxygen atoms in total. The zero-order valence-electron chi connectivity index (χ0n) is 13.3. The van der Waals surface area contributed by atoms with Crippen LogP contribution in [-0.4, -0.2) is 32.5 Å². The maximum absolute atomic E-state index is 10.3. The first-order valence-corrected chi connectivity index (χ1v) is 8.12. The van der Waals surface area contributed by atoms with Gasteiger partial charge < -0.3 is 19.5 Å². The molecule has 6 heteroatoms. The second-order valence-electron chi connectivity index (χ2n) is 5.66. The fourth-order valence-electron chi connectivity index (χ4n) is 2.59. The third-order valence-electron chi connectivity index (χ3n) is 3.71. The molecular weight excluding hydrogens is 328 g/mol. The Bertz CT molecular complexity index is 815. The van der Waals surface area contributed by atoms with Gasteiger partial charge >= 0.3 is 0 Å². The van der Waals surface area contributed by atoms with Gasteiger partial charge in [0.1, 0.15) is 30.4 Å². The standard InChI is InChI=1S/C18H19ClN2O3/c1-12(22)18-20-16-4-2-3-5-17(16)21(18)10-14(23)11-24-15-8-6-13(19)7-9-15/h2-9,12,14,22-23H,10-11H2,1H3/t12-,14+/m1/s1. The van der Waals surface area contributed by atoms with Crippen LogP contribution in [0.1, 0.15) is 18.9 Å². The van der Waals surface area contributed by atoms with Crippen molar-refractivity contribution in [2.45, 2.75) is 25.7 Å². The number of ether oxygens (including phenoxy) is 1. The summed E-state index contributed by atoms with van der Waals surface area (Å²) in [6.07, 6.45) is -1.46. The van der Waals surface area contributed by atoms with Gasteiger partial charge in [-0.15, -0.1) is 0 Å². The highest BCUT2D eigenvalue weighted by molar-refractivity contribution is 6.30. The Morgan fingerprint density at radius 3 is 2.54 bits per heavy atom. The number of imidazole rings is 1. The van der Waals surface area contributed by atoms with Crippen molar-refractivity contribution < 1.29 is 14.9 Å². The summed E-state index contributed by atoms with van der Waals surface area (Å²) >= 11 is 5.83. The maximum atomic E-state index is 10.3. The second-order valence-corrected chi connectivity index (χ2v) is 6.10. The van der Waals surface area contributed by atoms with E-state index in [4.69, 9.17) is 16.3 Å². The van der Waals surface area contributed by atoms with E-state index in [0.29, 0.717) is 16.6 Å². The van der Waals surface area contributed by atoms with Crippen LogP contribution in [0.15, 0.2) is 48.5 Å². The molecule has 0 fully saturated rings. The highest BCUT2D eigenvalue weighted by Crippen LogP contribution is 2.21. The number of aliphatic hydroxyl groups is 2. The molecule has 0 aliphatic heterocycles. The number of para-hydroxylation sites is 2. The van der Waals surface area contributed by atoms with Gasteiger partial charge in [-0.1, -0.05) is 23.7 Å². The summed E-state index contributed by atoms with van der Waals surface area (Å²) in [6.45, 7) is 2.08. The lowest BCUT2D eigenvalue weighted by molar-refractivity contribution is 0.0895. The molecule has 0 radical (unpaired) electrons. The van der Waals surface area contributed by atoms with Crippen LogP contribution >= 0.6 is 11.6 Å². The minimum Gasteiger partial charge on any atom is -0.491 e. The number of aromatic nitrogens is 2. The van der Waals surface area contributed by atoms with Gasteiger partial charge in [-0.2, -0.15) is 0 Å². The van der Waals surface area contributed by atoms with Crippen LogP contribution in [0.2, 0.25) is 5.02 Å². The smallest absolute Gasteiger partial charge is 0.138 e. The molecule has 0 amide bonds. The van der Waals surface area contributed by atoms with Crippen LogP contribution < -0.4 is 4.74 Å². The van der Waals surface area contributed by atoms with E-state index in [2.05, 4.69) is 4.98 Å². The quantitative estimate of drug-likeness (QED) is 0.719. The van der Waals surface area contributed by atoms with E-state index in [1.807, 2.05) is 28.8 Å². The Balaban J connectivity index is 1.73. The van der Waals surface area contributed by atoms with E-state index >= 15 is 0 Å². The number of nitrogens with zero attached hydrogens (tertiary/aromatic N) is 2. The van der Waals surface area contributed by atoms with Crippen molar-refractivity contribution in [3.05, 3.63) is 59.4 Å². The third-order valence-corrected chi connectivity index (χ3v) is 3.96. The van der Waals surface area contributed by atoms with Crippen LogP contribution in [0, 0.1) is 0 Å². The summed E-state index contributed by atoms with van der Waals surface area (Å²) in [5.41, 5.74) is 1.66. The van der Waals surface area contributed by atoms with Gasteiger partial charge in [0.25, 0.3) is 0 Å². The van der Waals surface area contributed by atoms with Crippen LogP contribution in [0.5, 0.6) is 5.75 Å². The van der Waals surface area contributed by atoms with Crippen molar-refractivity contribution in [1.82, 2.24) is 9.55 Å². The predicted molar refractivity (Wildman–Crippen MR) is 93.3 cm³/mol. The zero-order chi connectivity index (χ0) is 17.1. The topological polar surface area (TPSA) is 67.5 Å². The van der Waals surface area contributed by atoms with E-state index < -0.39 is 12.2 Å². The average molecular weight is 347 g/mol. The molecule has 0 aliphatic rings.